The van der Waals surface area contributed by atoms with Crippen molar-refractivity contribution in [2.75, 3.05) is 13.2 Å². The van der Waals surface area contributed by atoms with Crippen molar-refractivity contribution < 1.29 is 159 Å². The maximum atomic E-state index is 12.0. The van der Waals surface area contributed by atoms with Crippen LogP contribution in [-0.2, 0) is 77.1 Å². The molecule has 2 aliphatic rings. The molecule has 2 fully saturated rings. The number of aromatic nitrogens is 4. The smallest absolute Gasteiger partial charge is 1.00 e. The Morgan fingerprint density at radius 3 is 1.50 bits per heavy atom. The van der Waals surface area contributed by atoms with Gasteiger partial charge in [0.1, 0.15) is 55.8 Å². The summed E-state index contributed by atoms with van der Waals surface area (Å²) in [4.78, 5) is 62.1. The zero-order valence-electron chi connectivity index (χ0n) is 30.0. The van der Waals surface area contributed by atoms with Crippen LogP contribution in [0.3, 0.4) is 0 Å². The topological polar surface area (TPSA) is 299 Å². The Hall–Kier alpha value is 0.400. The second-order valence-corrected chi connectivity index (χ2v) is 22.8. The monoisotopic (exact) mass is 976 g/mol. The third-order valence-electron chi connectivity index (χ3n) is 6.37. The fourth-order valence-corrected chi connectivity index (χ4v) is 10.0. The van der Waals surface area contributed by atoms with Crippen LogP contribution in [0.4, 0.5) is 0 Å². The van der Waals surface area contributed by atoms with Crippen molar-refractivity contribution in [2.45, 2.75) is 83.6 Å². The molecule has 0 radical (unpaired) electrons. The first kappa shape index (κ1) is 63.0. The summed E-state index contributed by atoms with van der Waals surface area (Å²) in [5.41, 5.74) is 0.00643. The average molecular weight is 977 g/mol. The molecule has 0 aromatic carbocycles. The number of nitrogens with one attached hydrogen (secondary N) is 2. The minimum absolute atomic E-state index is 0. The Morgan fingerprint density at radius 1 is 0.857 bits per heavy atom. The number of hydrogen-bond donors (Lipinski definition) is 8. The quantitative estimate of drug-likeness (QED) is 0.0345. The number of hydrogen-bond acceptors (Lipinski definition) is 17. The molecule has 8 N–H and O–H groups in total. The van der Waals surface area contributed by atoms with Gasteiger partial charge >= 0.3 is 114 Å². The van der Waals surface area contributed by atoms with E-state index in [0.29, 0.717) is 0 Å². The van der Waals surface area contributed by atoms with E-state index in [4.69, 9.17) is 36.2 Å². The van der Waals surface area contributed by atoms with E-state index in [9.17, 15) is 39.6 Å². The van der Waals surface area contributed by atoms with Crippen LogP contribution in [0.5, 0.6) is 0 Å². The summed E-state index contributed by atoms with van der Waals surface area (Å²) in [6.07, 6.45) is -2.62. The molecule has 4 heterocycles. The largest absolute Gasteiger partial charge is 1.00 e. The van der Waals surface area contributed by atoms with Crippen molar-refractivity contribution in [1.82, 2.24) is 19.1 Å². The predicted molar refractivity (Wildman–Crippen MR) is 213 cm³/mol. The molecule has 28 heteroatoms. The summed E-state index contributed by atoms with van der Waals surface area (Å²) < 4.78 is 12.3. The zero-order valence-corrected chi connectivity index (χ0v) is 41.2. The van der Waals surface area contributed by atoms with E-state index < -0.39 is 92.9 Å². The molecule has 306 valence electrons. The first-order valence-corrected chi connectivity index (χ1v) is 24.2. The second-order valence-electron chi connectivity index (χ2n) is 11.0. The number of aliphatic hydroxyl groups excluding tert-OH is 6. The van der Waals surface area contributed by atoms with Crippen LogP contribution in [-0.4, -0.2) is 114 Å². The Morgan fingerprint density at radius 2 is 1.21 bits per heavy atom. The number of H-pyrrole nitrogens is 2. The van der Waals surface area contributed by atoms with Gasteiger partial charge in [0.2, 0.25) is 0 Å². The van der Waals surface area contributed by atoms with Gasteiger partial charge in [0, 0.05) is 70.3 Å². The maximum absolute atomic E-state index is 12.0. The normalized spacial score (nSPS) is 22.6. The molecule has 2 aromatic rings. The number of nitrogens with zero attached hydrogens (tertiary/aromatic N) is 2. The molecule has 2 aromatic heterocycles. The first-order chi connectivity index (χ1) is 24.5. The van der Waals surface area contributed by atoms with Gasteiger partial charge in [0.15, 0.2) is 12.5 Å². The molecule has 4 rings (SSSR count). The number of rotatable bonds is 5. The zero-order chi connectivity index (χ0) is 39.8. The molecule has 0 saturated carbocycles. The number of aromatic amines is 2. The van der Waals surface area contributed by atoms with Crippen LogP contribution in [0.15, 0.2) is 31.6 Å². The number of aliphatic hydroxyl groups is 6. The average Bonchev–Trinajstić information content (AvgIpc) is 3.56. The Kier molecular flexibility index (Phi) is 36.2. The van der Waals surface area contributed by atoms with Crippen molar-refractivity contribution in [1.29, 1.82) is 0 Å². The summed E-state index contributed by atoms with van der Waals surface area (Å²) in [5.74, 6) is 4.84. The standard InChI is InChI=1S/C14H20N2O6Si.C11H12N2O6.CH2O3.2CH4.2K.S6.H/c1-23(2,3)5-4-8-6-16(14(21)15-12(8)20)13-11(19)10(18)9(7-17)22-13;1-2-5-3-13(11(18)12-9(5)17)10-8(16)7(15)6(4-14)19-10;2-1-4-3;;;;;1-3-5-6-4-2;/h6,9-11,13,17-19H,7H2,1-3H3,(H,15,20,21);1,3,6-8,10,14-16H,4H2,(H,12,17,18);1,3H;2*1H4;;;;/q;;;;;2*+1;;-1/p-1/t9-,10+,11+,13-;6-,7+,8+,10-;;;;;;;/m11......./s1/i4+1,5+1;1+1,2+1;;;;;;;. The van der Waals surface area contributed by atoms with Gasteiger partial charge in [-0.05, 0) is 0 Å². The minimum atomic E-state index is -1.72. The molecule has 8 atom stereocenters. The van der Waals surface area contributed by atoms with E-state index in [-0.39, 0.29) is 137 Å². The van der Waals surface area contributed by atoms with Crippen LogP contribution in [0.2, 0.25) is 19.6 Å². The van der Waals surface area contributed by atoms with Gasteiger partial charge in [-0.2, -0.15) is 0 Å². The van der Waals surface area contributed by atoms with Crippen LogP contribution in [0, 0.1) is 23.8 Å². The van der Waals surface area contributed by atoms with Gasteiger partial charge in [-0.25, -0.2) is 9.59 Å². The molecule has 2 saturated heterocycles. The first-order valence-electron chi connectivity index (χ1n) is 14.1. The van der Waals surface area contributed by atoms with Gasteiger partial charge < -0.3 is 51.7 Å². The number of ether oxygens (including phenoxy) is 2. The molecule has 2 aliphatic heterocycles. The van der Waals surface area contributed by atoms with Crippen molar-refractivity contribution in [2.24, 2.45) is 0 Å². The van der Waals surface area contributed by atoms with Crippen molar-refractivity contribution in [3.05, 3.63) is 65.2 Å². The molecule has 19 nitrogen and oxygen atoms in total. The van der Waals surface area contributed by atoms with E-state index in [1.807, 2.05) is 24.6 Å². The molecule has 0 aliphatic carbocycles. The molecule has 0 spiro atoms. The van der Waals surface area contributed by atoms with E-state index >= 15 is 0 Å². The van der Waals surface area contributed by atoms with Crippen LogP contribution in [0.1, 0.15) is 39.9 Å². The summed E-state index contributed by atoms with van der Waals surface area (Å²) in [5, 5.41) is 65.6. The van der Waals surface area contributed by atoms with E-state index in [1.54, 1.807) is 0 Å². The van der Waals surface area contributed by atoms with E-state index in [0.717, 1.165) is 15.3 Å². The van der Waals surface area contributed by atoms with Gasteiger partial charge in [-0.1, -0.05) is 46.3 Å². The van der Waals surface area contributed by atoms with Gasteiger partial charge in [0.25, 0.3) is 17.6 Å². The second kappa shape index (κ2) is 32.2. The van der Waals surface area contributed by atoms with Crippen LogP contribution in [0.25, 0.3) is 0 Å². The number of terminal acetylenes is 1. The number of carbonyl (C=O) groups excluding carboxylic acids is 1. The summed E-state index contributed by atoms with van der Waals surface area (Å²) in [7, 11) is 3.91. The van der Waals surface area contributed by atoms with Gasteiger partial charge in [-0.15, -0.1) is 12.0 Å². The molecule has 0 amide bonds. The Balaban J connectivity index is -0.000000240. The minimum Gasteiger partial charge on any atom is -1.00 e. The van der Waals surface area contributed by atoms with Gasteiger partial charge in [0.05, 0.1) is 13.2 Å². The molecule has 0 bridgehead atoms. The Labute approximate surface area is 430 Å². The van der Waals surface area contributed by atoms with Crippen LogP contribution < -0.4 is 131 Å². The van der Waals surface area contributed by atoms with E-state index in [2.05, 4.69) is 49.6 Å². The van der Waals surface area contributed by atoms with E-state index in [1.165, 1.54) is 41.7 Å². The summed E-state index contributed by atoms with van der Waals surface area (Å²) >= 11 is 9.03. The van der Waals surface area contributed by atoms with Crippen molar-refractivity contribution >= 4 is 72.4 Å². The molecule has 0 unspecified atom stereocenters. The predicted octanol–water partition coefficient (Wildman–Crippen LogP) is -10.7. The third kappa shape index (κ3) is 19.9. The molecule has 56 heavy (non-hydrogen) atoms. The third-order valence-corrected chi connectivity index (χ3v) is 13.9. The SMILES string of the molecule is C.C.C[Si](C)(C)[13C]#[13C]c1cn([C@@H]2O[C@H](CO)[C@H](O)[C@@H]2O)c(=O)[nH]c1=O.O=CO[O-].S=S=S=S=S=S.[13CH]#[13C]c1cn([C@@H]2O[C@H](CO)[C@H](O)[C@@H]2O)c(=O)[nH]c1=O.[H-].[K+].[K+]. The summed E-state index contributed by atoms with van der Waals surface area (Å²) in [6.45, 7) is 4.83. The van der Waals surface area contributed by atoms with Gasteiger partial charge in [-0.3, -0.25) is 33.5 Å². The van der Waals surface area contributed by atoms with Crippen molar-refractivity contribution in [3.63, 3.8) is 0 Å². The summed E-state index contributed by atoms with van der Waals surface area (Å²) in [6, 6.07) is 0. The van der Waals surface area contributed by atoms with Crippen LogP contribution >= 0.6 is 0 Å². The fourth-order valence-electron chi connectivity index (χ4n) is 4.04. The van der Waals surface area contributed by atoms with Crippen molar-refractivity contribution in [3.8, 4) is 23.8 Å². The molecular formula is C28H42K2N4O15S6Si. The maximum Gasteiger partial charge on any atom is 1.00 e. The molecular weight excluding hydrogens is 935 g/mol. The Bertz CT molecular complexity index is 2050. The fraction of sp³-hybridized carbons (Fsp3) is 0.536. The number of carbonyl (C=O) groups is 1.